The van der Waals surface area contributed by atoms with Crippen LogP contribution in [-0.4, -0.2) is 30.5 Å². The molecule has 0 amide bonds. The number of rotatable bonds is 4. The smallest absolute Gasteiger partial charge is 0.258 e. The fraction of sp³-hybridized carbons (Fsp3) is 0.320. The summed E-state index contributed by atoms with van der Waals surface area (Å²) in [6, 6.07) is 11.8. The second kappa shape index (κ2) is 7.31. The summed E-state index contributed by atoms with van der Waals surface area (Å²) in [5, 5.41) is 21.7. The average Bonchev–Trinajstić information content (AvgIpc) is 3.19. The summed E-state index contributed by atoms with van der Waals surface area (Å²) in [7, 11) is 1.80. The van der Waals surface area contributed by atoms with E-state index in [0.717, 1.165) is 51.9 Å². The third-order valence-electron chi connectivity index (χ3n) is 6.45. The Kier molecular flexibility index (Phi) is 4.67. The standard InChI is InChI=1S/C25H27N5O2/c1-14-5-6-18(27-23-10-21(28-29-23)17-11-25(3,32)12-17)9-19(14)20-8-16-13-26-15(2)7-22(16)30(4)24(20)31/h5-10,13,17,32H,11-12H2,1-4H3,(H2,27,28,29). The van der Waals surface area contributed by atoms with Gasteiger partial charge in [-0.2, -0.15) is 5.10 Å². The van der Waals surface area contributed by atoms with Crippen molar-refractivity contribution in [3.05, 3.63) is 69.9 Å². The average molecular weight is 430 g/mol. The van der Waals surface area contributed by atoms with Crippen LogP contribution in [0.4, 0.5) is 11.5 Å². The lowest BCUT2D eigenvalue weighted by molar-refractivity contribution is -0.0323. The number of nitrogens with zero attached hydrogens (tertiary/aromatic N) is 3. The van der Waals surface area contributed by atoms with Crippen LogP contribution in [0, 0.1) is 13.8 Å². The molecule has 7 nitrogen and oxygen atoms in total. The Bertz CT molecular complexity index is 1390. The number of H-pyrrole nitrogens is 1. The lowest BCUT2D eigenvalue weighted by Gasteiger charge is -2.40. The lowest BCUT2D eigenvalue weighted by atomic mass is 9.71. The maximum atomic E-state index is 13.2. The number of aliphatic hydroxyl groups is 1. The first-order valence-electron chi connectivity index (χ1n) is 10.8. The highest BCUT2D eigenvalue weighted by Crippen LogP contribution is 2.44. The molecule has 1 aliphatic rings. The molecule has 0 saturated heterocycles. The quantitative estimate of drug-likeness (QED) is 0.449. The van der Waals surface area contributed by atoms with Crippen molar-refractivity contribution in [3.63, 3.8) is 0 Å². The molecule has 3 aromatic heterocycles. The summed E-state index contributed by atoms with van der Waals surface area (Å²) in [6.07, 6.45) is 3.29. The van der Waals surface area contributed by atoms with Gasteiger partial charge >= 0.3 is 0 Å². The Morgan fingerprint density at radius 3 is 2.69 bits per heavy atom. The number of benzene rings is 1. The number of aryl methyl sites for hydroxylation is 3. The number of hydrogen-bond donors (Lipinski definition) is 3. The minimum absolute atomic E-state index is 0.0394. The predicted octanol–water partition coefficient (Wildman–Crippen LogP) is 4.31. The molecule has 4 aromatic rings. The molecular formula is C25H27N5O2. The molecule has 0 aliphatic heterocycles. The molecular weight excluding hydrogens is 402 g/mol. The number of hydrogen-bond acceptors (Lipinski definition) is 5. The Morgan fingerprint density at radius 2 is 1.94 bits per heavy atom. The zero-order valence-electron chi connectivity index (χ0n) is 18.7. The van der Waals surface area contributed by atoms with Crippen molar-refractivity contribution in [2.45, 2.75) is 45.1 Å². The zero-order chi connectivity index (χ0) is 22.6. The molecule has 3 heterocycles. The van der Waals surface area contributed by atoms with E-state index < -0.39 is 5.60 Å². The molecule has 7 heteroatoms. The van der Waals surface area contributed by atoms with E-state index in [-0.39, 0.29) is 5.56 Å². The third-order valence-corrected chi connectivity index (χ3v) is 6.45. The van der Waals surface area contributed by atoms with Crippen molar-refractivity contribution < 1.29 is 5.11 Å². The number of nitrogens with one attached hydrogen (secondary N) is 2. The van der Waals surface area contributed by atoms with Crippen molar-refractivity contribution in [1.29, 1.82) is 0 Å². The van der Waals surface area contributed by atoms with Crippen molar-refractivity contribution in [2.75, 3.05) is 5.32 Å². The highest BCUT2D eigenvalue weighted by Gasteiger charge is 2.40. The molecule has 5 rings (SSSR count). The first-order valence-corrected chi connectivity index (χ1v) is 10.8. The van der Waals surface area contributed by atoms with E-state index in [2.05, 4.69) is 20.5 Å². The van der Waals surface area contributed by atoms with E-state index >= 15 is 0 Å². The number of fused-ring (bicyclic) bond motifs is 1. The van der Waals surface area contributed by atoms with Gasteiger partial charge in [0.05, 0.1) is 11.1 Å². The molecule has 0 radical (unpaired) electrons. The Labute approximate surface area is 186 Å². The van der Waals surface area contributed by atoms with Crippen LogP contribution in [0.25, 0.3) is 22.0 Å². The minimum Gasteiger partial charge on any atom is -0.390 e. The fourth-order valence-electron chi connectivity index (χ4n) is 4.63. The van der Waals surface area contributed by atoms with Crippen LogP contribution in [0.5, 0.6) is 0 Å². The second-order valence-corrected chi connectivity index (χ2v) is 9.27. The van der Waals surface area contributed by atoms with Gasteiger partial charge in [0.1, 0.15) is 0 Å². The third kappa shape index (κ3) is 3.58. The first-order chi connectivity index (χ1) is 15.2. The normalized spacial score (nSPS) is 20.3. The van der Waals surface area contributed by atoms with Gasteiger partial charge in [-0.3, -0.25) is 14.9 Å². The molecule has 0 atom stereocenters. The number of anilines is 2. The Balaban J connectivity index is 1.48. The number of aromatic nitrogens is 4. The van der Waals surface area contributed by atoms with Gasteiger partial charge in [-0.25, -0.2) is 0 Å². The van der Waals surface area contributed by atoms with Crippen molar-refractivity contribution in [1.82, 2.24) is 19.7 Å². The molecule has 3 N–H and O–H groups in total. The van der Waals surface area contributed by atoms with Gasteiger partial charge in [-0.1, -0.05) is 6.07 Å². The van der Waals surface area contributed by atoms with E-state index in [0.29, 0.717) is 17.3 Å². The van der Waals surface area contributed by atoms with Gasteiger partial charge < -0.3 is 15.0 Å². The van der Waals surface area contributed by atoms with Crippen LogP contribution in [0.2, 0.25) is 0 Å². The van der Waals surface area contributed by atoms with Crippen LogP contribution in [0.1, 0.15) is 42.6 Å². The van der Waals surface area contributed by atoms with Gasteiger partial charge in [-0.15, -0.1) is 0 Å². The molecule has 1 aromatic carbocycles. The van der Waals surface area contributed by atoms with Gasteiger partial charge in [0.25, 0.3) is 5.56 Å². The van der Waals surface area contributed by atoms with Crippen LogP contribution < -0.4 is 10.9 Å². The topological polar surface area (TPSA) is 95.8 Å². The molecule has 0 bridgehead atoms. The summed E-state index contributed by atoms with van der Waals surface area (Å²) in [4.78, 5) is 17.6. The minimum atomic E-state index is -0.574. The summed E-state index contributed by atoms with van der Waals surface area (Å²) in [6.45, 7) is 5.79. The van der Waals surface area contributed by atoms with Crippen LogP contribution >= 0.6 is 0 Å². The second-order valence-electron chi connectivity index (χ2n) is 9.27. The lowest BCUT2D eigenvalue weighted by Crippen LogP contribution is -2.39. The molecule has 0 unspecified atom stereocenters. The highest BCUT2D eigenvalue weighted by atomic mass is 16.3. The monoisotopic (exact) mass is 429 g/mol. The van der Waals surface area contributed by atoms with E-state index in [4.69, 9.17) is 0 Å². The van der Waals surface area contributed by atoms with Crippen molar-refractivity contribution in [2.24, 2.45) is 7.05 Å². The predicted molar refractivity (Wildman–Crippen MR) is 126 cm³/mol. The zero-order valence-corrected chi connectivity index (χ0v) is 18.7. The van der Waals surface area contributed by atoms with E-state index in [9.17, 15) is 9.90 Å². The van der Waals surface area contributed by atoms with Crippen LogP contribution in [-0.2, 0) is 7.05 Å². The molecule has 1 aliphatic carbocycles. The fourth-order valence-corrected chi connectivity index (χ4v) is 4.63. The number of pyridine rings is 2. The van der Waals surface area contributed by atoms with Crippen LogP contribution in [0.15, 0.2) is 47.4 Å². The summed E-state index contributed by atoms with van der Waals surface area (Å²) in [5.41, 5.74) is 5.56. The Morgan fingerprint density at radius 1 is 1.16 bits per heavy atom. The first kappa shape index (κ1) is 20.5. The van der Waals surface area contributed by atoms with Gasteiger partial charge in [0, 0.05) is 53.3 Å². The summed E-state index contributed by atoms with van der Waals surface area (Å²) in [5.74, 6) is 1.02. The van der Waals surface area contributed by atoms with E-state index in [1.54, 1.807) is 11.6 Å². The summed E-state index contributed by atoms with van der Waals surface area (Å²) < 4.78 is 1.69. The van der Waals surface area contributed by atoms with Gasteiger partial charge in [0.15, 0.2) is 5.82 Å². The molecule has 32 heavy (non-hydrogen) atoms. The van der Waals surface area contributed by atoms with Gasteiger partial charge in [-0.05, 0) is 69.0 Å². The maximum absolute atomic E-state index is 13.2. The van der Waals surface area contributed by atoms with Gasteiger partial charge in [0.2, 0.25) is 0 Å². The Hall–Kier alpha value is -3.45. The SMILES string of the molecule is Cc1cc2c(cn1)cc(-c1cc(Nc3cc(C4CC(C)(O)C4)[nH]n3)ccc1C)c(=O)n2C. The number of aromatic amines is 1. The summed E-state index contributed by atoms with van der Waals surface area (Å²) >= 11 is 0. The van der Waals surface area contributed by atoms with E-state index in [1.165, 1.54) is 0 Å². The van der Waals surface area contributed by atoms with Crippen molar-refractivity contribution in [3.8, 4) is 11.1 Å². The molecule has 0 spiro atoms. The molecule has 1 saturated carbocycles. The van der Waals surface area contributed by atoms with Crippen molar-refractivity contribution >= 4 is 22.4 Å². The highest BCUT2D eigenvalue weighted by molar-refractivity contribution is 5.85. The van der Waals surface area contributed by atoms with Crippen LogP contribution in [0.3, 0.4) is 0 Å². The molecule has 164 valence electrons. The molecule has 1 fully saturated rings. The largest absolute Gasteiger partial charge is 0.390 e. The maximum Gasteiger partial charge on any atom is 0.258 e. The van der Waals surface area contributed by atoms with E-state index in [1.807, 2.05) is 63.4 Å².